The number of benzene rings is 1. The minimum absolute atomic E-state index is 0.0868. The minimum Gasteiger partial charge on any atom is -0.325 e. The fourth-order valence-corrected chi connectivity index (χ4v) is 4.10. The first-order valence-electron chi connectivity index (χ1n) is 9.08. The van der Waals surface area contributed by atoms with Gasteiger partial charge in [0.05, 0.1) is 22.8 Å². The van der Waals surface area contributed by atoms with Gasteiger partial charge in [0.1, 0.15) is 5.69 Å². The molecule has 0 saturated carbocycles. The number of amides is 1. The molecule has 0 spiro atoms. The molecule has 0 aliphatic carbocycles. The van der Waals surface area contributed by atoms with Gasteiger partial charge in [0.2, 0.25) is 5.82 Å². The van der Waals surface area contributed by atoms with Crippen LogP contribution in [-0.2, 0) is 12.7 Å². The summed E-state index contributed by atoms with van der Waals surface area (Å²) in [6.45, 7) is 3.80. The lowest BCUT2D eigenvalue weighted by molar-refractivity contribution is -0.137. The van der Waals surface area contributed by atoms with Crippen molar-refractivity contribution in [1.82, 2.24) is 29.6 Å². The number of halogens is 4. The van der Waals surface area contributed by atoms with E-state index in [2.05, 4.69) is 20.2 Å². The van der Waals surface area contributed by atoms with Crippen molar-refractivity contribution in [3.05, 3.63) is 58.8 Å². The first-order valence-corrected chi connectivity index (χ1v) is 9.45. The van der Waals surface area contributed by atoms with Crippen LogP contribution in [0, 0.1) is 0 Å². The SMILES string of the molecule is CC1Cn2c(nnc2-c2cnccn2)C(=O)N1C(C)c1cccc(C(F)(F)F)c1Cl. The van der Waals surface area contributed by atoms with Gasteiger partial charge in [0.25, 0.3) is 5.91 Å². The van der Waals surface area contributed by atoms with E-state index in [4.69, 9.17) is 11.6 Å². The quantitative estimate of drug-likeness (QED) is 0.620. The third-order valence-electron chi connectivity index (χ3n) is 5.09. The molecule has 1 aromatic carbocycles. The highest BCUT2D eigenvalue weighted by atomic mass is 35.5. The van der Waals surface area contributed by atoms with E-state index >= 15 is 0 Å². The van der Waals surface area contributed by atoms with Crippen LogP contribution in [0.1, 0.15) is 41.6 Å². The number of hydrogen-bond acceptors (Lipinski definition) is 5. The number of aromatic nitrogens is 5. The van der Waals surface area contributed by atoms with Crippen molar-refractivity contribution in [2.75, 3.05) is 0 Å². The fraction of sp³-hybridized carbons (Fsp3) is 0.316. The Hall–Kier alpha value is -3.01. The first kappa shape index (κ1) is 20.3. The van der Waals surface area contributed by atoms with E-state index in [-0.39, 0.29) is 17.4 Å². The number of alkyl halides is 3. The normalized spacial score (nSPS) is 17.7. The van der Waals surface area contributed by atoms with Crippen molar-refractivity contribution >= 4 is 17.5 Å². The van der Waals surface area contributed by atoms with E-state index in [9.17, 15) is 18.0 Å². The topological polar surface area (TPSA) is 76.8 Å². The Balaban J connectivity index is 1.72. The molecule has 0 N–H and O–H groups in total. The van der Waals surface area contributed by atoms with Crippen LogP contribution in [0.15, 0.2) is 36.8 Å². The number of nitrogens with zero attached hydrogens (tertiary/aromatic N) is 6. The van der Waals surface area contributed by atoms with Gasteiger partial charge in [-0.05, 0) is 25.5 Å². The highest BCUT2D eigenvalue weighted by molar-refractivity contribution is 6.32. The standard InChI is InChI=1S/C19H16ClF3N6O/c1-10-9-28-16(14-8-24-6-7-25-14)26-27-17(28)18(30)29(10)11(2)12-4-3-5-13(15(12)20)19(21,22)23/h3-8,10-11H,9H2,1-2H3. The summed E-state index contributed by atoms with van der Waals surface area (Å²) >= 11 is 6.08. The van der Waals surface area contributed by atoms with Gasteiger partial charge in [-0.25, -0.2) is 4.98 Å². The van der Waals surface area contributed by atoms with Crippen molar-refractivity contribution in [3.8, 4) is 11.5 Å². The van der Waals surface area contributed by atoms with Gasteiger partial charge in [-0.1, -0.05) is 23.7 Å². The molecule has 1 amide bonds. The van der Waals surface area contributed by atoms with Gasteiger partial charge in [-0.3, -0.25) is 14.3 Å². The van der Waals surface area contributed by atoms with Gasteiger partial charge in [0.15, 0.2) is 5.82 Å². The molecule has 4 rings (SSSR count). The molecule has 0 saturated heterocycles. The van der Waals surface area contributed by atoms with Crippen LogP contribution in [0.5, 0.6) is 0 Å². The average Bonchev–Trinajstić information content (AvgIpc) is 3.11. The summed E-state index contributed by atoms with van der Waals surface area (Å²) in [7, 11) is 0. The zero-order chi connectivity index (χ0) is 21.6. The first-order chi connectivity index (χ1) is 14.2. The highest BCUT2D eigenvalue weighted by Crippen LogP contribution is 2.40. The van der Waals surface area contributed by atoms with Crippen molar-refractivity contribution < 1.29 is 18.0 Å². The number of carbonyl (C=O) groups excluding carboxylic acids is 1. The lowest BCUT2D eigenvalue weighted by atomic mass is 10.0. The Kier molecular flexibility index (Phi) is 4.97. The number of fused-ring (bicyclic) bond motifs is 1. The van der Waals surface area contributed by atoms with E-state index < -0.39 is 28.7 Å². The van der Waals surface area contributed by atoms with Crippen molar-refractivity contribution in [1.29, 1.82) is 0 Å². The van der Waals surface area contributed by atoms with E-state index in [1.807, 2.05) is 0 Å². The molecule has 2 aromatic heterocycles. The largest absolute Gasteiger partial charge is 0.417 e. The van der Waals surface area contributed by atoms with Crippen LogP contribution >= 0.6 is 11.6 Å². The molecule has 0 bridgehead atoms. The number of rotatable bonds is 3. The summed E-state index contributed by atoms with van der Waals surface area (Å²) in [5, 5.41) is 7.65. The molecule has 1 aliphatic heterocycles. The third-order valence-corrected chi connectivity index (χ3v) is 5.51. The summed E-state index contributed by atoms with van der Waals surface area (Å²) in [4.78, 5) is 22.9. The van der Waals surface area contributed by atoms with Gasteiger partial charge in [-0.2, -0.15) is 13.2 Å². The minimum atomic E-state index is -4.59. The predicted molar refractivity (Wildman–Crippen MR) is 102 cm³/mol. The monoisotopic (exact) mass is 436 g/mol. The summed E-state index contributed by atoms with van der Waals surface area (Å²) < 4.78 is 41.4. The number of hydrogen-bond donors (Lipinski definition) is 0. The smallest absolute Gasteiger partial charge is 0.325 e. The molecule has 3 heterocycles. The van der Waals surface area contributed by atoms with Gasteiger partial charge in [0, 0.05) is 25.0 Å². The maximum absolute atomic E-state index is 13.3. The Morgan fingerprint density at radius 3 is 2.60 bits per heavy atom. The van der Waals surface area contributed by atoms with Gasteiger partial charge >= 0.3 is 6.18 Å². The number of carbonyl (C=O) groups is 1. The third kappa shape index (κ3) is 3.30. The molecule has 2 unspecified atom stereocenters. The Labute approximate surface area is 174 Å². The highest BCUT2D eigenvalue weighted by Gasteiger charge is 2.39. The lowest BCUT2D eigenvalue weighted by Crippen LogP contribution is -2.48. The second-order valence-corrected chi connectivity index (χ2v) is 7.37. The Morgan fingerprint density at radius 2 is 1.93 bits per heavy atom. The van der Waals surface area contributed by atoms with E-state index in [0.29, 0.717) is 18.1 Å². The second-order valence-electron chi connectivity index (χ2n) is 6.99. The Bertz CT molecular complexity index is 1100. The van der Waals surface area contributed by atoms with Gasteiger partial charge in [-0.15, -0.1) is 10.2 Å². The second kappa shape index (κ2) is 7.35. The zero-order valence-corrected chi connectivity index (χ0v) is 16.7. The molecule has 3 aromatic rings. The van der Waals surface area contributed by atoms with Crippen LogP contribution in [0.4, 0.5) is 13.2 Å². The average molecular weight is 437 g/mol. The maximum atomic E-state index is 13.3. The molecule has 0 fully saturated rings. The molecule has 1 aliphatic rings. The molecule has 2 atom stereocenters. The Morgan fingerprint density at radius 1 is 1.20 bits per heavy atom. The molecule has 11 heteroatoms. The molecular weight excluding hydrogens is 421 g/mol. The zero-order valence-electron chi connectivity index (χ0n) is 15.9. The molecular formula is C19H16ClF3N6O. The molecule has 156 valence electrons. The van der Waals surface area contributed by atoms with Crippen LogP contribution in [0.3, 0.4) is 0 Å². The van der Waals surface area contributed by atoms with Crippen LogP contribution < -0.4 is 0 Å². The van der Waals surface area contributed by atoms with E-state index in [1.54, 1.807) is 18.4 Å². The maximum Gasteiger partial charge on any atom is 0.417 e. The van der Waals surface area contributed by atoms with Crippen LogP contribution in [0.25, 0.3) is 11.5 Å². The predicted octanol–water partition coefficient (Wildman–Crippen LogP) is 4.01. The lowest BCUT2D eigenvalue weighted by Gasteiger charge is -2.38. The summed E-state index contributed by atoms with van der Waals surface area (Å²) in [5.74, 6) is 0.0452. The van der Waals surface area contributed by atoms with Crippen LogP contribution in [-0.4, -0.2) is 41.6 Å². The van der Waals surface area contributed by atoms with Crippen molar-refractivity contribution in [2.45, 2.75) is 38.7 Å². The summed E-state index contributed by atoms with van der Waals surface area (Å²) in [6.07, 6.45) is -0.0397. The van der Waals surface area contributed by atoms with Gasteiger partial charge < -0.3 is 4.90 Å². The van der Waals surface area contributed by atoms with Crippen molar-refractivity contribution in [3.63, 3.8) is 0 Å². The molecule has 7 nitrogen and oxygen atoms in total. The van der Waals surface area contributed by atoms with Crippen molar-refractivity contribution in [2.24, 2.45) is 0 Å². The van der Waals surface area contributed by atoms with Crippen LogP contribution in [0.2, 0.25) is 5.02 Å². The van der Waals surface area contributed by atoms with E-state index in [0.717, 1.165) is 6.07 Å². The summed E-state index contributed by atoms with van der Waals surface area (Å²) in [5.41, 5.74) is -0.244. The van der Waals surface area contributed by atoms with E-state index in [1.165, 1.54) is 35.6 Å². The summed E-state index contributed by atoms with van der Waals surface area (Å²) in [6, 6.07) is 2.65. The molecule has 30 heavy (non-hydrogen) atoms. The fourth-order valence-electron chi connectivity index (χ4n) is 3.70. The molecule has 0 radical (unpaired) electrons.